The van der Waals surface area contributed by atoms with Crippen molar-refractivity contribution in [3.05, 3.63) is 69.6 Å². The predicted octanol–water partition coefficient (Wildman–Crippen LogP) is 3.38. The van der Waals surface area contributed by atoms with Crippen LogP contribution in [-0.4, -0.2) is 21.7 Å². The third-order valence-electron chi connectivity index (χ3n) is 4.30. The van der Waals surface area contributed by atoms with E-state index >= 15 is 0 Å². The number of carbonyl (C=O) groups excluding carboxylic acids is 1. The minimum absolute atomic E-state index is 0.0918. The summed E-state index contributed by atoms with van der Waals surface area (Å²) in [7, 11) is 0. The highest BCUT2D eigenvalue weighted by Crippen LogP contribution is 2.16. The normalized spacial score (nSPS) is 10.9. The van der Waals surface area contributed by atoms with Crippen LogP contribution in [0.3, 0.4) is 0 Å². The van der Waals surface area contributed by atoms with E-state index in [1.807, 2.05) is 37.4 Å². The Labute approximate surface area is 156 Å². The fraction of sp³-hybridized carbons (Fsp3) is 0.250. The Kier molecular flexibility index (Phi) is 5.42. The molecule has 3 rings (SSSR count). The summed E-state index contributed by atoms with van der Waals surface area (Å²) in [5, 5.41) is 2.93. The van der Waals surface area contributed by atoms with Gasteiger partial charge in [-0.3, -0.25) is 9.59 Å². The molecule has 2 aromatic carbocycles. The molecule has 134 valence electrons. The van der Waals surface area contributed by atoms with Crippen molar-refractivity contribution in [1.82, 2.24) is 14.9 Å². The number of fused-ring (bicyclic) bond motifs is 1. The van der Waals surface area contributed by atoms with E-state index in [1.165, 1.54) is 4.90 Å². The number of hydrogen-bond acceptors (Lipinski definition) is 4. The minimum atomic E-state index is -0.158. The second kappa shape index (κ2) is 7.74. The number of amides is 1. The Bertz CT molecular complexity index is 1010. The smallest absolute Gasteiger partial charge is 0.272 e. The molecule has 0 unspecified atom stereocenters. The molecule has 0 radical (unpaired) electrons. The molecule has 1 N–H and O–H groups in total. The van der Waals surface area contributed by atoms with Gasteiger partial charge in [-0.15, -0.1) is 11.8 Å². The lowest BCUT2D eigenvalue weighted by Crippen LogP contribution is -2.25. The van der Waals surface area contributed by atoms with E-state index in [2.05, 4.69) is 10.3 Å². The number of rotatable bonds is 5. The number of aromatic nitrogens is 2. The van der Waals surface area contributed by atoms with Crippen molar-refractivity contribution in [3.8, 4) is 0 Å². The number of thioether (sulfide) groups is 1. The lowest BCUT2D eigenvalue weighted by Gasteiger charge is -2.10. The van der Waals surface area contributed by atoms with Crippen LogP contribution in [0.1, 0.15) is 28.5 Å². The highest BCUT2D eigenvalue weighted by Gasteiger charge is 2.11. The molecule has 0 saturated heterocycles. The lowest BCUT2D eigenvalue weighted by molar-refractivity contribution is 0.0951. The van der Waals surface area contributed by atoms with E-state index < -0.39 is 0 Å². The molecule has 0 spiro atoms. The van der Waals surface area contributed by atoms with Gasteiger partial charge in [-0.05, 0) is 56.0 Å². The quantitative estimate of drug-likeness (QED) is 0.702. The van der Waals surface area contributed by atoms with E-state index in [-0.39, 0.29) is 11.5 Å². The van der Waals surface area contributed by atoms with E-state index in [0.717, 1.165) is 11.1 Å². The van der Waals surface area contributed by atoms with Crippen LogP contribution in [0.15, 0.2) is 52.2 Å². The van der Waals surface area contributed by atoms with Crippen molar-refractivity contribution in [2.75, 3.05) is 6.26 Å². The Morgan fingerprint density at radius 1 is 1.19 bits per heavy atom. The van der Waals surface area contributed by atoms with Gasteiger partial charge in [-0.25, -0.2) is 4.98 Å². The maximum Gasteiger partial charge on any atom is 0.272 e. The fourth-order valence-corrected chi connectivity index (χ4v) is 3.27. The monoisotopic (exact) mass is 367 g/mol. The van der Waals surface area contributed by atoms with E-state index in [0.29, 0.717) is 29.9 Å². The number of nitrogens with one attached hydrogen (secondary N) is 1. The molecule has 1 heterocycles. The van der Waals surface area contributed by atoms with Gasteiger partial charge in [0, 0.05) is 23.5 Å². The molecule has 0 atom stereocenters. The molecular weight excluding hydrogens is 346 g/mol. The Morgan fingerprint density at radius 3 is 2.58 bits per heavy atom. The van der Waals surface area contributed by atoms with Gasteiger partial charge in [-0.2, -0.15) is 0 Å². The number of benzene rings is 2. The molecule has 0 aliphatic carbocycles. The van der Waals surface area contributed by atoms with Crippen LogP contribution in [0.5, 0.6) is 0 Å². The average Bonchev–Trinajstić information content (AvgIpc) is 2.67. The van der Waals surface area contributed by atoms with Crippen LogP contribution in [0, 0.1) is 6.92 Å². The summed E-state index contributed by atoms with van der Waals surface area (Å²) >= 11 is 1.69. The number of carbonyl (C=O) groups is 1. The fourth-order valence-electron chi connectivity index (χ4n) is 2.86. The minimum Gasteiger partial charge on any atom is -0.348 e. The zero-order valence-corrected chi connectivity index (χ0v) is 15.9. The average molecular weight is 367 g/mol. The van der Waals surface area contributed by atoms with Crippen molar-refractivity contribution < 1.29 is 4.79 Å². The summed E-state index contributed by atoms with van der Waals surface area (Å²) in [5.41, 5.74) is 3.32. The second-order valence-corrected chi connectivity index (χ2v) is 6.86. The molecule has 1 aromatic heterocycles. The van der Waals surface area contributed by atoms with Crippen LogP contribution < -0.4 is 10.9 Å². The topological polar surface area (TPSA) is 64.0 Å². The molecule has 0 aliphatic heterocycles. The van der Waals surface area contributed by atoms with E-state index in [1.54, 1.807) is 41.5 Å². The van der Waals surface area contributed by atoms with Crippen LogP contribution in [0.4, 0.5) is 0 Å². The van der Waals surface area contributed by atoms with Crippen LogP contribution in [0.2, 0.25) is 0 Å². The molecule has 0 fully saturated rings. The molecule has 6 heteroatoms. The lowest BCUT2D eigenvalue weighted by atomic mass is 10.1. The number of nitrogens with zero attached hydrogens (tertiary/aromatic N) is 2. The summed E-state index contributed by atoms with van der Waals surface area (Å²) in [6, 6.07) is 13.4. The van der Waals surface area contributed by atoms with E-state index in [9.17, 15) is 9.59 Å². The SMILES string of the molecule is CCn1c(=O)c(C)nc2cc(C(=O)NCc3ccc(SC)cc3)ccc21. The van der Waals surface area contributed by atoms with Gasteiger partial charge < -0.3 is 9.88 Å². The van der Waals surface area contributed by atoms with Crippen molar-refractivity contribution >= 4 is 28.7 Å². The van der Waals surface area contributed by atoms with Crippen molar-refractivity contribution in [3.63, 3.8) is 0 Å². The van der Waals surface area contributed by atoms with Gasteiger partial charge >= 0.3 is 0 Å². The predicted molar refractivity (Wildman–Crippen MR) is 106 cm³/mol. The highest BCUT2D eigenvalue weighted by molar-refractivity contribution is 7.98. The number of aryl methyl sites for hydroxylation is 2. The summed E-state index contributed by atoms with van der Waals surface area (Å²) in [4.78, 5) is 30.2. The molecule has 0 bridgehead atoms. The Morgan fingerprint density at radius 2 is 1.92 bits per heavy atom. The summed E-state index contributed by atoms with van der Waals surface area (Å²) in [5.74, 6) is -0.158. The van der Waals surface area contributed by atoms with Gasteiger partial charge in [0.2, 0.25) is 0 Å². The van der Waals surface area contributed by atoms with Gasteiger partial charge in [0.15, 0.2) is 0 Å². The molecule has 0 saturated carbocycles. The summed E-state index contributed by atoms with van der Waals surface area (Å²) in [6.07, 6.45) is 2.03. The highest BCUT2D eigenvalue weighted by atomic mass is 32.2. The first-order chi connectivity index (χ1) is 12.5. The third-order valence-corrected chi connectivity index (χ3v) is 5.04. The largest absolute Gasteiger partial charge is 0.348 e. The van der Waals surface area contributed by atoms with E-state index in [4.69, 9.17) is 0 Å². The van der Waals surface area contributed by atoms with Gasteiger partial charge in [0.25, 0.3) is 11.5 Å². The maximum absolute atomic E-state index is 12.5. The molecule has 26 heavy (non-hydrogen) atoms. The van der Waals surface area contributed by atoms with Gasteiger partial charge in [0.1, 0.15) is 5.69 Å². The van der Waals surface area contributed by atoms with Crippen molar-refractivity contribution in [1.29, 1.82) is 0 Å². The van der Waals surface area contributed by atoms with Crippen LogP contribution in [0.25, 0.3) is 11.0 Å². The zero-order chi connectivity index (χ0) is 18.7. The zero-order valence-electron chi connectivity index (χ0n) is 15.1. The first-order valence-corrected chi connectivity index (χ1v) is 9.68. The molecule has 0 aliphatic rings. The first kappa shape index (κ1) is 18.2. The maximum atomic E-state index is 12.5. The van der Waals surface area contributed by atoms with Gasteiger partial charge in [0.05, 0.1) is 11.0 Å². The Balaban J connectivity index is 1.82. The third kappa shape index (κ3) is 3.65. The molecule has 5 nitrogen and oxygen atoms in total. The van der Waals surface area contributed by atoms with Crippen molar-refractivity contribution in [2.24, 2.45) is 0 Å². The first-order valence-electron chi connectivity index (χ1n) is 8.45. The number of hydrogen-bond donors (Lipinski definition) is 1. The van der Waals surface area contributed by atoms with Crippen molar-refractivity contribution in [2.45, 2.75) is 31.8 Å². The second-order valence-electron chi connectivity index (χ2n) is 5.98. The Hall–Kier alpha value is -2.60. The van der Waals surface area contributed by atoms with Gasteiger partial charge in [-0.1, -0.05) is 12.1 Å². The summed E-state index contributed by atoms with van der Waals surface area (Å²) in [6.45, 7) is 4.64. The van der Waals surface area contributed by atoms with Crippen LogP contribution >= 0.6 is 11.8 Å². The summed E-state index contributed by atoms with van der Waals surface area (Å²) < 4.78 is 1.67. The molecule has 1 amide bonds. The molecule has 3 aromatic rings. The van der Waals surface area contributed by atoms with Crippen LogP contribution in [-0.2, 0) is 13.1 Å². The standard InChI is InChI=1S/C20H21N3O2S/c1-4-23-18-10-7-15(11-17(18)22-13(2)20(23)25)19(24)21-12-14-5-8-16(26-3)9-6-14/h5-11H,4,12H2,1-3H3,(H,21,24). The molecular formula is C20H21N3O2S.